The number of nitrogens with one attached hydrogen (secondary N) is 1. The van der Waals surface area contributed by atoms with Crippen molar-refractivity contribution in [3.63, 3.8) is 0 Å². The molecule has 21 heavy (non-hydrogen) atoms. The number of nitrogens with zero attached hydrogens (tertiary/aromatic N) is 1. The van der Waals surface area contributed by atoms with Gasteiger partial charge in [0.2, 0.25) is 0 Å². The predicted molar refractivity (Wildman–Crippen MR) is 88.5 cm³/mol. The molecule has 1 aliphatic rings. The summed E-state index contributed by atoms with van der Waals surface area (Å²) < 4.78 is 0. The average molecular weight is 280 g/mol. The normalized spacial score (nSPS) is 15.4. The number of benzene rings is 2. The first kappa shape index (κ1) is 14.3. The average Bonchev–Trinajstić information content (AvgIpc) is 2.47. The van der Waals surface area contributed by atoms with Gasteiger partial charge in [0.1, 0.15) is 0 Å². The molecule has 0 bridgehead atoms. The van der Waals surface area contributed by atoms with Crippen LogP contribution in [0, 0.1) is 0 Å². The van der Waals surface area contributed by atoms with E-state index < -0.39 is 0 Å². The maximum atomic E-state index is 3.38. The van der Waals surface area contributed by atoms with Crippen LogP contribution in [0.25, 0.3) is 0 Å². The highest BCUT2D eigenvalue weighted by Crippen LogP contribution is 2.17. The van der Waals surface area contributed by atoms with E-state index in [1.807, 2.05) is 0 Å². The summed E-state index contributed by atoms with van der Waals surface area (Å²) in [6.45, 7) is 2.24. The minimum absolute atomic E-state index is 0.557. The Kier molecular flexibility index (Phi) is 4.69. The molecule has 0 aromatic heterocycles. The zero-order chi connectivity index (χ0) is 14.5. The molecule has 0 radical (unpaired) electrons. The second-order valence-corrected chi connectivity index (χ2v) is 6.01. The van der Waals surface area contributed by atoms with Crippen molar-refractivity contribution in [3.05, 3.63) is 71.8 Å². The predicted octanol–water partition coefficient (Wildman–Crippen LogP) is 2.74. The second-order valence-electron chi connectivity index (χ2n) is 6.01. The molecule has 110 valence electrons. The van der Waals surface area contributed by atoms with E-state index in [1.54, 1.807) is 0 Å². The highest BCUT2D eigenvalue weighted by Gasteiger charge is 2.27. The summed E-state index contributed by atoms with van der Waals surface area (Å²) in [7, 11) is 2.28. The fourth-order valence-electron chi connectivity index (χ4n) is 2.99. The number of hydrogen-bond acceptors (Lipinski definition) is 2. The molecule has 1 N–H and O–H groups in total. The second kappa shape index (κ2) is 6.88. The highest BCUT2D eigenvalue weighted by molar-refractivity contribution is 5.20. The molecule has 0 aliphatic carbocycles. The zero-order valence-electron chi connectivity index (χ0n) is 12.7. The molecule has 2 nitrogen and oxygen atoms in total. The van der Waals surface area contributed by atoms with Crippen molar-refractivity contribution in [3.8, 4) is 0 Å². The van der Waals surface area contributed by atoms with Crippen LogP contribution in [0.4, 0.5) is 0 Å². The van der Waals surface area contributed by atoms with E-state index in [4.69, 9.17) is 0 Å². The van der Waals surface area contributed by atoms with E-state index in [-0.39, 0.29) is 0 Å². The van der Waals surface area contributed by atoms with E-state index in [0.29, 0.717) is 12.1 Å². The van der Waals surface area contributed by atoms with E-state index in [0.717, 1.165) is 25.9 Å². The summed E-state index contributed by atoms with van der Waals surface area (Å²) in [5, 5.41) is 3.38. The van der Waals surface area contributed by atoms with Crippen molar-refractivity contribution in [2.75, 3.05) is 20.1 Å². The van der Waals surface area contributed by atoms with Crippen molar-refractivity contribution in [1.82, 2.24) is 10.2 Å². The lowest BCUT2D eigenvalue weighted by Gasteiger charge is -2.41. The van der Waals surface area contributed by atoms with Crippen LogP contribution in [0.3, 0.4) is 0 Å². The maximum Gasteiger partial charge on any atom is 0.0345 e. The van der Waals surface area contributed by atoms with Gasteiger partial charge in [0, 0.05) is 25.2 Å². The summed E-state index contributed by atoms with van der Waals surface area (Å²) in [5.74, 6) is 0. The fourth-order valence-corrected chi connectivity index (χ4v) is 2.99. The van der Waals surface area contributed by atoms with Gasteiger partial charge in [-0.3, -0.25) is 4.90 Å². The molecule has 2 aromatic carbocycles. The molecule has 0 atom stereocenters. The lowest BCUT2D eigenvalue weighted by molar-refractivity contribution is 0.126. The smallest absolute Gasteiger partial charge is 0.0345 e. The molecule has 0 saturated carbocycles. The van der Waals surface area contributed by atoms with Crippen LogP contribution in [-0.2, 0) is 12.8 Å². The van der Waals surface area contributed by atoms with Gasteiger partial charge in [0.25, 0.3) is 0 Å². The van der Waals surface area contributed by atoms with E-state index in [2.05, 4.69) is 77.9 Å². The van der Waals surface area contributed by atoms with Crippen LogP contribution in [0.5, 0.6) is 0 Å². The van der Waals surface area contributed by atoms with Gasteiger partial charge in [0.05, 0.1) is 0 Å². The summed E-state index contributed by atoms with van der Waals surface area (Å²) in [6, 6.07) is 22.9. The molecule has 0 spiro atoms. The Labute approximate surface area is 127 Å². The number of hydrogen-bond donors (Lipinski definition) is 1. The first-order valence-corrected chi connectivity index (χ1v) is 7.83. The Bertz CT molecular complexity index is 493. The van der Waals surface area contributed by atoms with Crippen molar-refractivity contribution in [2.45, 2.75) is 24.9 Å². The minimum atomic E-state index is 0.557. The lowest BCUT2D eigenvalue weighted by atomic mass is 9.95. The van der Waals surface area contributed by atoms with Crippen molar-refractivity contribution < 1.29 is 0 Å². The summed E-state index contributed by atoms with van der Waals surface area (Å²) in [4.78, 5) is 2.57. The Morgan fingerprint density at radius 2 is 1.38 bits per heavy atom. The van der Waals surface area contributed by atoms with Gasteiger partial charge in [-0.25, -0.2) is 0 Å². The quantitative estimate of drug-likeness (QED) is 0.875. The minimum Gasteiger partial charge on any atom is -0.314 e. The van der Waals surface area contributed by atoms with Crippen LogP contribution in [0.1, 0.15) is 11.1 Å². The van der Waals surface area contributed by atoms with Gasteiger partial charge in [-0.1, -0.05) is 60.7 Å². The van der Waals surface area contributed by atoms with Gasteiger partial charge >= 0.3 is 0 Å². The van der Waals surface area contributed by atoms with Crippen LogP contribution >= 0.6 is 0 Å². The summed E-state index contributed by atoms with van der Waals surface area (Å²) in [5.41, 5.74) is 2.86. The van der Waals surface area contributed by atoms with E-state index in [9.17, 15) is 0 Å². The molecule has 1 fully saturated rings. The Morgan fingerprint density at radius 3 is 1.76 bits per heavy atom. The standard InChI is InChI=1S/C19H24N2/c1-21(19-14-20-15-19)18(12-16-8-4-2-5-9-16)13-17-10-6-3-7-11-17/h2-11,18-20H,12-15H2,1H3. The van der Waals surface area contributed by atoms with Crippen molar-refractivity contribution >= 4 is 0 Å². The van der Waals surface area contributed by atoms with E-state index >= 15 is 0 Å². The summed E-state index contributed by atoms with van der Waals surface area (Å²) >= 11 is 0. The molecule has 1 aliphatic heterocycles. The monoisotopic (exact) mass is 280 g/mol. The van der Waals surface area contributed by atoms with Gasteiger partial charge in [-0.2, -0.15) is 0 Å². The third-order valence-electron chi connectivity index (χ3n) is 4.54. The molecular weight excluding hydrogens is 256 g/mol. The largest absolute Gasteiger partial charge is 0.314 e. The first-order chi connectivity index (χ1) is 10.3. The molecule has 0 amide bonds. The van der Waals surface area contributed by atoms with Crippen LogP contribution in [0.2, 0.25) is 0 Å². The molecular formula is C19H24N2. The topological polar surface area (TPSA) is 15.3 Å². The van der Waals surface area contributed by atoms with Crippen molar-refractivity contribution in [1.29, 1.82) is 0 Å². The first-order valence-electron chi connectivity index (χ1n) is 7.83. The molecule has 1 heterocycles. The summed E-state index contributed by atoms with van der Waals surface area (Å²) in [6.07, 6.45) is 2.23. The Hall–Kier alpha value is -1.64. The molecule has 2 heteroatoms. The van der Waals surface area contributed by atoms with Crippen LogP contribution < -0.4 is 5.32 Å². The van der Waals surface area contributed by atoms with Gasteiger partial charge in [-0.05, 0) is 31.0 Å². The highest BCUT2D eigenvalue weighted by atomic mass is 15.2. The Morgan fingerprint density at radius 1 is 0.905 bits per heavy atom. The molecule has 2 aromatic rings. The van der Waals surface area contributed by atoms with Gasteiger partial charge in [0.15, 0.2) is 0 Å². The molecule has 3 rings (SSSR count). The van der Waals surface area contributed by atoms with Crippen molar-refractivity contribution in [2.24, 2.45) is 0 Å². The fraction of sp³-hybridized carbons (Fsp3) is 0.368. The third-order valence-corrected chi connectivity index (χ3v) is 4.54. The number of likely N-dealkylation sites (N-methyl/N-ethyl adjacent to an activating group) is 1. The zero-order valence-corrected chi connectivity index (χ0v) is 12.7. The third kappa shape index (κ3) is 3.72. The lowest BCUT2D eigenvalue weighted by Crippen LogP contribution is -2.59. The Balaban J connectivity index is 1.73. The van der Waals surface area contributed by atoms with Crippen LogP contribution in [0.15, 0.2) is 60.7 Å². The SMILES string of the molecule is CN(C1CNC1)C(Cc1ccccc1)Cc1ccccc1. The van der Waals surface area contributed by atoms with Crippen LogP contribution in [-0.4, -0.2) is 37.1 Å². The van der Waals surface area contributed by atoms with E-state index in [1.165, 1.54) is 11.1 Å². The van der Waals surface area contributed by atoms with Gasteiger partial charge < -0.3 is 5.32 Å². The maximum absolute atomic E-state index is 3.38. The molecule has 1 saturated heterocycles. The number of rotatable bonds is 6. The van der Waals surface area contributed by atoms with Gasteiger partial charge in [-0.15, -0.1) is 0 Å². The molecule has 0 unspecified atom stereocenters.